The zero-order valence-electron chi connectivity index (χ0n) is 10.3. The quantitative estimate of drug-likeness (QED) is 0.878. The molecule has 0 saturated carbocycles. The van der Waals surface area contributed by atoms with Crippen LogP contribution in [0.15, 0.2) is 30.9 Å². The molecule has 0 saturated heterocycles. The van der Waals surface area contributed by atoms with Crippen LogP contribution in [0, 0.1) is 0 Å². The van der Waals surface area contributed by atoms with Crippen LogP contribution in [0.1, 0.15) is 17.2 Å². The molecule has 0 unspecified atom stereocenters. The predicted octanol–water partition coefficient (Wildman–Crippen LogP) is 1.10. The average molecular weight is 244 g/mol. The molecule has 1 atom stereocenters. The minimum Gasteiger partial charge on any atom is -0.372 e. The van der Waals surface area contributed by atoms with Crippen molar-refractivity contribution in [2.45, 2.75) is 12.5 Å². The lowest BCUT2D eigenvalue weighted by molar-refractivity contribution is 0.0438. The number of hydrogen-bond acceptors (Lipinski definition) is 4. The van der Waals surface area contributed by atoms with Crippen LogP contribution < -0.4 is 5.32 Å². The van der Waals surface area contributed by atoms with Gasteiger partial charge in [0.05, 0.1) is 18.4 Å². The molecule has 18 heavy (non-hydrogen) atoms. The van der Waals surface area contributed by atoms with Crippen LogP contribution >= 0.6 is 0 Å². The second-order valence-corrected chi connectivity index (χ2v) is 4.38. The fraction of sp³-hybridized carbons (Fsp3) is 0.385. The van der Waals surface area contributed by atoms with E-state index < -0.39 is 0 Å². The SMILES string of the molecule is CNC[C@@H]1OCCc2c1cccc2-n1cnnc1. The van der Waals surface area contributed by atoms with Crippen LogP contribution in [0.5, 0.6) is 0 Å². The van der Waals surface area contributed by atoms with Gasteiger partial charge in [-0.05, 0) is 30.7 Å². The highest BCUT2D eigenvalue weighted by molar-refractivity contribution is 5.47. The van der Waals surface area contributed by atoms with Gasteiger partial charge in [0.2, 0.25) is 0 Å². The first-order chi connectivity index (χ1) is 8.90. The minimum absolute atomic E-state index is 0.134. The fourth-order valence-corrected chi connectivity index (χ4v) is 2.48. The summed E-state index contributed by atoms with van der Waals surface area (Å²) in [5.41, 5.74) is 3.76. The number of rotatable bonds is 3. The zero-order valence-corrected chi connectivity index (χ0v) is 10.3. The second kappa shape index (κ2) is 4.88. The summed E-state index contributed by atoms with van der Waals surface area (Å²) in [7, 11) is 1.95. The lowest BCUT2D eigenvalue weighted by atomic mass is 9.95. The van der Waals surface area contributed by atoms with Gasteiger partial charge in [-0.25, -0.2) is 0 Å². The summed E-state index contributed by atoms with van der Waals surface area (Å²) in [6.07, 6.45) is 4.54. The Morgan fingerprint density at radius 2 is 2.22 bits per heavy atom. The van der Waals surface area contributed by atoms with Crippen molar-refractivity contribution in [2.24, 2.45) is 0 Å². The smallest absolute Gasteiger partial charge is 0.123 e. The van der Waals surface area contributed by atoms with E-state index in [1.54, 1.807) is 12.7 Å². The summed E-state index contributed by atoms with van der Waals surface area (Å²) >= 11 is 0. The van der Waals surface area contributed by atoms with Gasteiger partial charge in [-0.1, -0.05) is 12.1 Å². The third-order valence-corrected chi connectivity index (χ3v) is 3.29. The molecule has 0 amide bonds. The van der Waals surface area contributed by atoms with Gasteiger partial charge in [0, 0.05) is 6.54 Å². The Hall–Kier alpha value is -1.72. The van der Waals surface area contributed by atoms with E-state index in [4.69, 9.17) is 4.74 Å². The van der Waals surface area contributed by atoms with Gasteiger partial charge in [-0.15, -0.1) is 10.2 Å². The van der Waals surface area contributed by atoms with Crippen molar-refractivity contribution < 1.29 is 4.74 Å². The van der Waals surface area contributed by atoms with Gasteiger partial charge < -0.3 is 10.1 Å². The van der Waals surface area contributed by atoms with Gasteiger partial charge in [0.1, 0.15) is 12.7 Å². The van der Waals surface area contributed by atoms with E-state index in [-0.39, 0.29) is 6.10 Å². The number of nitrogens with one attached hydrogen (secondary N) is 1. The molecule has 1 aromatic heterocycles. The summed E-state index contributed by atoms with van der Waals surface area (Å²) in [6.45, 7) is 1.59. The zero-order chi connectivity index (χ0) is 12.4. The first kappa shape index (κ1) is 11.4. The average Bonchev–Trinajstić information content (AvgIpc) is 2.93. The number of fused-ring (bicyclic) bond motifs is 1. The van der Waals surface area contributed by atoms with E-state index >= 15 is 0 Å². The maximum atomic E-state index is 5.81. The van der Waals surface area contributed by atoms with Gasteiger partial charge in [0.25, 0.3) is 0 Å². The van der Waals surface area contributed by atoms with Crippen LogP contribution in [0.3, 0.4) is 0 Å². The number of aromatic nitrogens is 3. The lowest BCUT2D eigenvalue weighted by Gasteiger charge is -2.27. The first-order valence-electron chi connectivity index (χ1n) is 6.13. The van der Waals surface area contributed by atoms with Gasteiger partial charge >= 0.3 is 0 Å². The maximum absolute atomic E-state index is 5.81. The molecule has 2 aromatic rings. The maximum Gasteiger partial charge on any atom is 0.123 e. The molecular formula is C13H16N4O. The summed E-state index contributed by atoms with van der Waals surface area (Å²) in [4.78, 5) is 0. The standard InChI is InChI=1S/C13H16N4O/c1-14-7-13-11-3-2-4-12(10(11)5-6-18-13)17-8-15-16-9-17/h2-4,8-9,13-14H,5-7H2,1H3/t13-/m0/s1. The topological polar surface area (TPSA) is 52.0 Å². The Bertz CT molecular complexity index is 524. The van der Waals surface area contributed by atoms with Gasteiger partial charge in [-0.2, -0.15) is 0 Å². The number of likely N-dealkylation sites (N-methyl/N-ethyl adjacent to an activating group) is 1. The highest BCUT2D eigenvalue weighted by Gasteiger charge is 2.22. The molecule has 1 aliphatic rings. The third kappa shape index (κ3) is 1.91. The van der Waals surface area contributed by atoms with Crippen molar-refractivity contribution in [3.8, 4) is 5.69 Å². The summed E-state index contributed by atoms with van der Waals surface area (Å²) in [5, 5.41) is 10.9. The molecule has 0 radical (unpaired) electrons. The van der Waals surface area contributed by atoms with Gasteiger partial charge in [-0.3, -0.25) is 4.57 Å². The van der Waals surface area contributed by atoms with E-state index in [0.29, 0.717) is 0 Å². The van der Waals surface area contributed by atoms with E-state index in [0.717, 1.165) is 25.3 Å². The Morgan fingerprint density at radius 1 is 1.39 bits per heavy atom. The number of ether oxygens (including phenoxy) is 1. The van der Waals surface area contributed by atoms with Crippen molar-refractivity contribution in [3.63, 3.8) is 0 Å². The van der Waals surface area contributed by atoms with Crippen LogP contribution in [0.25, 0.3) is 5.69 Å². The molecule has 5 heteroatoms. The number of nitrogens with zero attached hydrogens (tertiary/aromatic N) is 3. The van der Waals surface area contributed by atoms with Crippen molar-refractivity contribution in [1.29, 1.82) is 0 Å². The summed E-state index contributed by atoms with van der Waals surface area (Å²) in [5.74, 6) is 0. The monoisotopic (exact) mass is 244 g/mol. The molecule has 1 N–H and O–H groups in total. The molecule has 3 rings (SSSR count). The normalized spacial score (nSPS) is 18.6. The molecule has 0 fully saturated rings. The molecule has 1 aromatic carbocycles. The molecule has 0 bridgehead atoms. The number of hydrogen-bond donors (Lipinski definition) is 1. The predicted molar refractivity (Wildman–Crippen MR) is 67.7 cm³/mol. The molecule has 0 spiro atoms. The molecule has 1 aliphatic heterocycles. The molecule has 5 nitrogen and oxygen atoms in total. The van der Waals surface area contributed by atoms with Crippen LogP contribution in [0.4, 0.5) is 0 Å². The highest BCUT2D eigenvalue weighted by Crippen LogP contribution is 2.30. The minimum atomic E-state index is 0.134. The highest BCUT2D eigenvalue weighted by atomic mass is 16.5. The summed E-state index contributed by atoms with van der Waals surface area (Å²) < 4.78 is 7.77. The molecule has 2 heterocycles. The summed E-state index contributed by atoms with van der Waals surface area (Å²) in [6, 6.07) is 6.31. The molecule has 94 valence electrons. The Morgan fingerprint density at radius 3 is 3.00 bits per heavy atom. The van der Waals surface area contributed by atoms with Crippen molar-refractivity contribution in [2.75, 3.05) is 20.2 Å². The Kier molecular flexibility index (Phi) is 3.08. The van der Waals surface area contributed by atoms with Crippen LogP contribution in [0.2, 0.25) is 0 Å². The lowest BCUT2D eigenvalue weighted by Crippen LogP contribution is -2.26. The Labute approximate surface area is 106 Å². The van der Waals surface area contributed by atoms with E-state index in [1.807, 2.05) is 11.6 Å². The largest absolute Gasteiger partial charge is 0.372 e. The molecule has 0 aliphatic carbocycles. The fourth-order valence-electron chi connectivity index (χ4n) is 2.48. The van der Waals surface area contributed by atoms with Crippen molar-refractivity contribution in [1.82, 2.24) is 20.1 Å². The van der Waals surface area contributed by atoms with Crippen molar-refractivity contribution in [3.05, 3.63) is 42.0 Å². The Balaban J connectivity index is 2.06. The van der Waals surface area contributed by atoms with Crippen molar-refractivity contribution >= 4 is 0 Å². The number of benzene rings is 1. The van der Waals surface area contributed by atoms with E-state index in [9.17, 15) is 0 Å². The second-order valence-electron chi connectivity index (χ2n) is 4.38. The van der Waals surface area contributed by atoms with Gasteiger partial charge in [0.15, 0.2) is 0 Å². The van der Waals surface area contributed by atoms with E-state index in [1.165, 1.54) is 11.1 Å². The van der Waals surface area contributed by atoms with E-state index in [2.05, 4.69) is 33.7 Å². The van der Waals surface area contributed by atoms with Crippen LogP contribution in [-0.2, 0) is 11.2 Å². The van der Waals surface area contributed by atoms with Crippen LogP contribution in [-0.4, -0.2) is 35.0 Å². The third-order valence-electron chi connectivity index (χ3n) is 3.29. The molecular weight excluding hydrogens is 228 g/mol. The first-order valence-corrected chi connectivity index (χ1v) is 6.13.